The molecule has 270 valence electrons. The number of aryl methyl sites for hydroxylation is 2. The molecule has 0 saturated carbocycles. The van der Waals surface area contributed by atoms with E-state index in [2.05, 4.69) is 30.1 Å². The lowest BCUT2D eigenvalue weighted by molar-refractivity contribution is -0.137. The Morgan fingerprint density at radius 1 is 1.18 bits per heavy atom. The number of hydrogen-bond acceptors (Lipinski definition) is 12. The number of rotatable bonds is 8. The van der Waals surface area contributed by atoms with E-state index in [0.29, 0.717) is 25.2 Å². The van der Waals surface area contributed by atoms with Crippen molar-refractivity contribution in [3.63, 3.8) is 0 Å². The van der Waals surface area contributed by atoms with Gasteiger partial charge in [-0.25, -0.2) is 13.8 Å². The Morgan fingerprint density at radius 3 is 2.73 bits per heavy atom. The first-order valence-corrected chi connectivity index (χ1v) is 16.5. The standard InChI is InChI=1S/C33H35F5N10O3/c1-17-11-22(39)42-28(25(17)33(36,37)38)29-26(35)27-21(13-40-29)30(44-31(43-27)50-16-32-8-4-9-48(32)14-19(34)12-32)46(3)20-7-10-47(15-20)24(49)6-5-23-41-18(2)45-51-23/h5-6,11,13,19-20H,4,7-10,12,14-16H2,1-3H3,(H2,39,42)/b6-5+/t19?,20-,32+/m1/s1. The van der Waals surface area contributed by atoms with Gasteiger partial charge in [0.1, 0.15) is 41.3 Å². The number of carbonyl (C=O) groups is 1. The molecule has 3 saturated heterocycles. The van der Waals surface area contributed by atoms with E-state index in [9.17, 15) is 22.4 Å². The first-order chi connectivity index (χ1) is 24.2. The smallest absolute Gasteiger partial charge is 0.418 e. The number of fused-ring (bicyclic) bond motifs is 2. The van der Waals surface area contributed by atoms with Crippen LogP contribution in [0.4, 0.5) is 33.6 Å². The van der Waals surface area contributed by atoms with Gasteiger partial charge in [-0.15, -0.1) is 0 Å². The predicted molar refractivity (Wildman–Crippen MR) is 175 cm³/mol. The number of aromatic nitrogens is 6. The van der Waals surface area contributed by atoms with Crippen LogP contribution >= 0.6 is 0 Å². The summed E-state index contributed by atoms with van der Waals surface area (Å²) < 4.78 is 84.9. The van der Waals surface area contributed by atoms with Crippen LogP contribution in [0.1, 0.15) is 48.5 Å². The number of hydrogen-bond donors (Lipinski definition) is 1. The van der Waals surface area contributed by atoms with Gasteiger partial charge in [-0.1, -0.05) is 5.16 Å². The fourth-order valence-corrected chi connectivity index (χ4v) is 7.45. The van der Waals surface area contributed by atoms with Crippen molar-refractivity contribution in [1.29, 1.82) is 0 Å². The van der Waals surface area contributed by atoms with Crippen LogP contribution in [0, 0.1) is 19.7 Å². The number of ether oxygens (including phenoxy) is 1. The third-order valence-electron chi connectivity index (χ3n) is 9.89. The van der Waals surface area contributed by atoms with E-state index < -0.39 is 40.7 Å². The first-order valence-electron chi connectivity index (χ1n) is 16.5. The molecule has 1 amide bonds. The summed E-state index contributed by atoms with van der Waals surface area (Å²) in [6, 6.07) is 0.517. The minimum atomic E-state index is -4.89. The number of halogens is 5. The fraction of sp³-hybridized carbons (Fsp3) is 0.485. The average molecular weight is 715 g/mol. The SMILES string of the molecule is Cc1noc(/C=C/C(=O)N2CC[C@@H](N(C)c3nc(OC[C@@]45CCCN4CC(F)C5)nc4c(F)c(-c5nc(N)cc(C)c5C(F)(F)F)ncc34)C2)n1. The van der Waals surface area contributed by atoms with Crippen LogP contribution in [-0.4, -0.2) is 103 Å². The first kappa shape index (κ1) is 34.4. The highest BCUT2D eigenvalue weighted by Gasteiger charge is 2.49. The molecule has 3 aliphatic rings. The number of anilines is 2. The van der Waals surface area contributed by atoms with E-state index >= 15 is 4.39 Å². The van der Waals surface area contributed by atoms with Gasteiger partial charge in [0.15, 0.2) is 11.6 Å². The van der Waals surface area contributed by atoms with Crippen LogP contribution in [-0.2, 0) is 11.0 Å². The number of nitrogens with two attached hydrogens (primary N) is 1. The zero-order valence-electron chi connectivity index (χ0n) is 28.0. The Morgan fingerprint density at radius 2 is 1.98 bits per heavy atom. The van der Waals surface area contributed by atoms with E-state index in [0.717, 1.165) is 19.0 Å². The molecule has 4 aromatic heterocycles. The lowest BCUT2D eigenvalue weighted by Crippen LogP contribution is -2.43. The molecule has 3 aliphatic heterocycles. The van der Waals surface area contributed by atoms with Crippen molar-refractivity contribution in [2.75, 3.05) is 50.5 Å². The highest BCUT2D eigenvalue weighted by molar-refractivity contribution is 5.93. The molecular weight excluding hydrogens is 679 g/mol. The molecule has 51 heavy (non-hydrogen) atoms. The molecule has 7 rings (SSSR count). The second-order valence-corrected chi connectivity index (χ2v) is 13.3. The molecule has 0 aromatic carbocycles. The normalized spacial score (nSPS) is 22.4. The highest BCUT2D eigenvalue weighted by Crippen LogP contribution is 2.42. The highest BCUT2D eigenvalue weighted by atomic mass is 19.4. The minimum absolute atomic E-state index is 0.0352. The Bertz CT molecular complexity index is 2020. The van der Waals surface area contributed by atoms with Crippen molar-refractivity contribution < 1.29 is 36.0 Å². The van der Waals surface area contributed by atoms with Crippen molar-refractivity contribution in [1.82, 2.24) is 39.9 Å². The number of nitrogen functional groups attached to an aromatic ring is 1. The molecule has 4 aromatic rings. The van der Waals surface area contributed by atoms with Crippen molar-refractivity contribution in [3.8, 4) is 17.4 Å². The van der Waals surface area contributed by atoms with Gasteiger partial charge in [-0.2, -0.15) is 28.1 Å². The van der Waals surface area contributed by atoms with Crippen LogP contribution in [0.25, 0.3) is 28.4 Å². The molecule has 18 heteroatoms. The van der Waals surface area contributed by atoms with Crippen LogP contribution < -0.4 is 15.4 Å². The van der Waals surface area contributed by atoms with Gasteiger partial charge < -0.3 is 24.8 Å². The predicted octanol–water partition coefficient (Wildman–Crippen LogP) is 4.53. The topological polar surface area (TPSA) is 153 Å². The van der Waals surface area contributed by atoms with E-state index in [1.165, 1.54) is 25.3 Å². The van der Waals surface area contributed by atoms with Crippen molar-refractivity contribution in [3.05, 3.63) is 47.0 Å². The summed E-state index contributed by atoms with van der Waals surface area (Å²) in [5.41, 5.74) is 2.00. The molecule has 13 nitrogen and oxygen atoms in total. The number of likely N-dealkylation sites (tertiary alicyclic amines) is 1. The molecule has 0 spiro atoms. The number of nitrogens with zero attached hydrogens (tertiary/aromatic N) is 9. The number of amides is 1. The maximum Gasteiger partial charge on any atom is 0.418 e. The monoisotopic (exact) mass is 714 g/mol. The van der Waals surface area contributed by atoms with Crippen LogP contribution in [0.5, 0.6) is 6.01 Å². The number of carbonyl (C=O) groups excluding carboxylic acids is 1. The minimum Gasteiger partial charge on any atom is -0.461 e. The van der Waals surface area contributed by atoms with Gasteiger partial charge in [-0.3, -0.25) is 14.7 Å². The Labute approximate surface area is 288 Å². The molecule has 0 aliphatic carbocycles. The lowest BCUT2D eigenvalue weighted by atomic mass is 9.95. The summed E-state index contributed by atoms with van der Waals surface area (Å²) in [6.45, 7) is 4.57. The average Bonchev–Trinajstić information content (AvgIpc) is 3.86. The van der Waals surface area contributed by atoms with Crippen LogP contribution in [0.3, 0.4) is 0 Å². The molecule has 3 fully saturated rings. The number of pyridine rings is 2. The Balaban J connectivity index is 1.25. The quantitative estimate of drug-likeness (QED) is 0.202. The van der Waals surface area contributed by atoms with Gasteiger partial charge in [0.05, 0.1) is 16.5 Å². The molecular formula is C33H35F5N10O3. The largest absolute Gasteiger partial charge is 0.461 e. The molecule has 7 heterocycles. The summed E-state index contributed by atoms with van der Waals surface area (Å²) in [6.07, 6.45) is 0.390. The van der Waals surface area contributed by atoms with Gasteiger partial charge in [0, 0.05) is 57.5 Å². The summed E-state index contributed by atoms with van der Waals surface area (Å²) in [5.74, 6) is -0.898. The molecule has 1 unspecified atom stereocenters. The summed E-state index contributed by atoms with van der Waals surface area (Å²) >= 11 is 0. The van der Waals surface area contributed by atoms with E-state index in [1.54, 1.807) is 23.8 Å². The van der Waals surface area contributed by atoms with Crippen LogP contribution in [0.2, 0.25) is 0 Å². The third kappa shape index (κ3) is 6.52. The Hall–Kier alpha value is -5.00. The van der Waals surface area contributed by atoms with E-state index in [4.69, 9.17) is 15.0 Å². The summed E-state index contributed by atoms with van der Waals surface area (Å²) in [4.78, 5) is 39.4. The van der Waals surface area contributed by atoms with Gasteiger partial charge >= 0.3 is 12.2 Å². The van der Waals surface area contributed by atoms with Crippen molar-refractivity contribution in [2.24, 2.45) is 0 Å². The third-order valence-corrected chi connectivity index (χ3v) is 9.89. The van der Waals surface area contributed by atoms with Crippen LogP contribution in [0.15, 0.2) is 22.9 Å². The van der Waals surface area contributed by atoms with Crippen molar-refractivity contribution in [2.45, 2.75) is 63.5 Å². The molecule has 3 atom stereocenters. The summed E-state index contributed by atoms with van der Waals surface area (Å²) in [5, 5.41) is 3.80. The number of alkyl halides is 4. The Kier molecular flexibility index (Phi) is 8.75. The molecule has 0 bridgehead atoms. The lowest BCUT2D eigenvalue weighted by Gasteiger charge is -2.31. The molecule has 0 radical (unpaired) electrons. The number of likely N-dealkylation sites (N-methyl/N-ethyl adjacent to an activating group) is 1. The molecule has 2 N–H and O–H groups in total. The fourth-order valence-electron chi connectivity index (χ4n) is 7.45. The maximum absolute atomic E-state index is 16.6. The zero-order chi connectivity index (χ0) is 36.2. The van der Waals surface area contributed by atoms with Gasteiger partial charge in [0.25, 0.3) is 5.89 Å². The second-order valence-electron chi connectivity index (χ2n) is 13.3. The zero-order valence-corrected chi connectivity index (χ0v) is 28.0. The van der Waals surface area contributed by atoms with Crippen molar-refractivity contribution >= 4 is 34.5 Å². The maximum atomic E-state index is 16.6. The second kappa shape index (κ2) is 13.0. The van der Waals surface area contributed by atoms with Gasteiger partial charge in [-0.05, 0) is 51.3 Å². The summed E-state index contributed by atoms with van der Waals surface area (Å²) in [7, 11) is 1.71. The van der Waals surface area contributed by atoms with E-state index in [-0.39, 0.29) is 78.1 Å². The van der Waals surface area contributed by atoms with E-state index in [1.807, 2.05) is 4.90 Å². The van der Waals surface area contributed by atoms with Gasteiger partial charge in [0.2, 0.25) is 5.91 Å².